The summed E-state index contributed by atoms with van der Waals surface area (Å²) in [5, 5.41) is 8.41. The van der Waals surface area contributed by atoms with Gasteiger partial charge in [0, 0.05) is 13.0 Å². The summed E-state index contributed by atoms with van der Waals surface area (Å²) in [6, 6.07) is 0. The molecule has 0 rings (SSSR count). The van der Waals surface area contributed by atoms with E-state index in [0.29, 0.717) is 19.3 Å². The van der Waals surface area contributed by atoms with E-state index in [2.05, 4.69) is 0 Å². The van der Waals surface area contributed by atoms with Gasteiger partial charge in [-0.2, -0.15) is 0 Å². The quantitative estimate of drug-likeness (QED) is 0.484. The second kappa shape index (κ2) is 6.16. The van der Waals surface area contributed by atoms with Crippen molar-refractivity contribution in [2.75, 3.05) is 6.61 Å². The molecule has 0 aromatic rings. The molecule has 0 saturated carbocycles. The molecular formula is C8H16O3. The van der Waals surface area contributed by atoms with Gasteiger partial charge in [0.05, 0.1) is 6.10 Å². The molecule has 0 heterocycles. The maximum absolute atomic E-state index is 10.8. The van der Waals surface area contributed by atoms with Crippen molar-refractivity contribution in [3.05, 3.63) is 0 Å². The first-order valence-corrected chi connectivity index (χ1v) is 3.97. The van der Waals surface area contributed by atoms with Gasteiger partial charge < -0.3 is 9.84 Å². The first-order chi connectivity index (χ1) is 5.16. The first kappa shape index (κ1) is 10.4. The molecule has 0 saturated heterocycles. The molecule has 3 nitrogen and oxygen atoms in total. The molecule has 0 aliphatic heterocycles. The molecule has 0 atom stereocenters. The van der Waals surface area contributed by atoms with Crippen LogP contribution in [0.2, 0.25) is 0 Å². The topological polar surface area (TPSA) is 46.5 Å². The predicted octanol–water partition coefficient (Wildman–Crippen LogP) is 1.10. The van der Waals surface area contributed by atoms with E-state index in [4.69, 9.17) is 9.84 Å². The average molecular weight is 160 g/mol. The molecule has 0 aliphatic rings. The zero-order valence-electron chi connectivity index (χ0n) is 7.17. The van der Waals surface area contributed by atoms with Gasteiger partial charge in [-0.1, -0.05) is 0 Å². The highest BCUT2D eigenvalue weighted by Gasteiger charge is 2.03. The molecule has 0 fully saturated rings. The second-order valence-corrected chi connectivity index (χ2v) is 2.72. The van der Waals surface area contributed by atoms with Gasteiger partial charge in [-0.3, -0.25) is 4.79 Å². The van der Waals surface area contributed by atoms with E-state index in [1.165, 1.54) is 0 Å². The van der Waals surface area contributed by atoms with E-state index >= 15 is 0 Å². The van der Waals surface area contributed by atoms with Gasteiger partial charge >= 0.3 is 5.97 Å². The zero-order chi connectivity index (χ0) is 8.69. The number of ether oxygens (including phenoxy) is 1. The van der Waals surface area contributed by atoms with Crippen molar-refractivity contribution < 1.29 is 14.6 Å². The Hall–Kier alpha value is -0.570. The molecule has 0 spiro atoms. The van der Waals surface area contributed by atoms with E-state index < -0.39 is 0 Å². The lowest BCUT2D eigenvalue weighted by Crippen LogP contribution is -2.10. The Bertz CT molecular complexity index is 110. The lowest BCUT2D eigenvalue weighted by molar-refractivity contribution is -0.147. The maximum Gasteiger partial charge on any atom is 0.306 e. The standard InChI is InChI=1S/C8H16O3/c1-7(2)11-8(10)5-3-4-6-9/h7,9H,3-6H2,1-2H3. The predicted molar refractivity (Wildman–Crippen MR) is 42.2 cm³/mol. The summed E-state index contributed by atoms with van der Waals surface area (Å²) in [6.07, 6.45) is 1.77. The molecule has 0 aliphatic carbocycles. The van der Waals surface area contributed by atoms with Crippen LogP contribution < -0.4 is 0 Å². The lowest BCUT2D eigenvalue weighted by Gasteiger charge is -2.06. The Balaban J connectivity index is 3.23. The third-order valence-corrected chi connectivity index (χ3v) is 1.16. The number of carbonyl (C=O) groups excluding carboxylic acids is 1. The third kappa shape index (κ3) is 7.33. The summed E-state index contributed by atoms with van der Waals surface area (Å²) >= 11 is 0. The highest BCUT2D eigenvalue weighted by Crippen LogP contribution is 1.99. The summed E-state index contributed by atoms with van der Waals surface area (Å²) in [7, 11) is 0. The Morgan fingerprint density at radius 3 is 2.55 bits per heavy atom. The van der Waals surface area contributed by atoms with E-state index in [0.717, 1.165) is 0 Å². The van der Waals surface area contributed by atoms with Crippen molar-refractivity contribution in [1.82, 2.24) is 0 Å². The lowest BCUT2D eigenvalue weighted by atomic mass is 10.2. The Morgan fingerprint density at radius 2 is 2.09 bits per heavy atom. The number of aliphatic hydroxyl groups is 1. The van der Waals surface area contributed by atoms with Gasteiger partial charge in [0.15, 0.2) is 0 Å². The minimum absolute atomic E-state index is 0.0309. The van der Waals surface area contributed by atoms with Gasteiger partial charge in [-0.15, -0.1) is 0 Å². The fourth-order valence-corrected chi connectivity index (χ4v) is 0.703. The summed E-state index contributed by atoms with van der Waals surface area (Å²) in [5.41, 5.74) is 0. The van der Waals surface area contributed by atoms with Crippen molar-refractivity contribution in [1.29, 1.82) is 0 Å². The molecule has 1 N–H and O–H groups in total. The molecule has 0 radical (unpaired) electrons. The molecule has 0 bridgehead atoms. The average Bonchev–Trinajstić information content (AvgIpc) is 1.86. The summed E-state index contributed by atoms with van der Waals surface area (Å²) in [5.74, 6) is -0.173. The number of aliphatic hydroxyl groups excluding tert-OH is 1. The molecule has 0 aromatic carbocycles. The molecule has 66 valence electrons. The highest BCUT2D eigenvalue weighted by atomic mass is 16.5. The minimum Gasteiger partial charge on any atom is -0.463 e. The highest BCUT2D eigenvalue weighted by molar-refractivity contribution is 5.69. The van der Waals surface area contributed by atoms with Crippen molar-refractivity contribution in [2.45, 2.75) is 39.2 Å². The summed E-state index contributed by atoms with van der Waals surface area (Å²) in [4.78, 5) is 10.8. The minimum atomic E-state index is -0.173. The number of carbonyl (C=O) groups is 1. The Morgan fingerprint density at radius 1 is 1.45 bits per heavy atom. The van der Waals surface area contributed by atoms with Crippen molar-refractivity contribution >= 4 is 5.97 Å². The van der Waals surface area contributed by atoms with Crippen LogP contribution in [0.25, 0.3) is 0 Å². The van der Waals surface area contributed by atoms with Gasteiger partial charge in [0.25, 0.3) is 0 Å². The van der Waals surface area contributed by atoms with Crippen LogP contribution in [-0.4, -0.2) is 23.8 Å². The van der Waals surface area contributed by atoms with Crippen LogP contribution in [0.1, 0.15) is 33.1 Å². The number of hydrogen-bond donors (Lipinski definition) is 1. The number of rotatable bonds is 5. The van der Waals surface area contributed by atoms with Crippen molar-refractivity contribution in [3.63, 3.8) is 0 Å². The Kier molecular flexibility index (Phi) is 5.84. The van der Waals surface area contributed by atoms with E-state index in [9.17, 15) is 4.79 Å². The normalized spacial score (nSPS) is 10.2. The number of esters is 1. The number of hydrogen-bond acceptors (Lipinski definition) is 3. The van der Waals surface area contributed by atoms with E-state index in [-0.39, 0.29) is 18.7 Å². The van der Waals surface area contributed by atoms with Crippen LogP contribution in [0.4, 0.5) is 0 Å². The van der Waals surface area contributed by atoms with Gasteiger partial charge in [-0.05, 0) is 26.7 Å². The molecule has 0 amide bonds. The first-order valence-electron chi connectivity index (χ1n) is 3.97. The van der Waals surface area contributed by atoms with Crippen LogP contribution >= 0.6 is 0 Å². The fraction of sp³-hybridized carbons (Fsp3) is 0.875. The largest absolute Gasteiger partial charge is 0.463 e. The van der Waals surface area contributed by atoms with Gasteiger partial charge in [0.1, 0.15) is 0 Å². The van der Waals surface area contributed by atoms with Crippen LogP contribution in [0, 0.1) is 0 Å². The van der Waals surface area contributed by atoms with Crippen LogP contribution in [0.3, 0.4) is 0 Å². The van der Waals surface area contributed by atoms with Crippen LogP contribution in [0.15, 0.2) is 0 Å². The number of unbranched alkanes of at least 4 members (excludes halogenated alkanes) is 1. The monoisotopic (exact) mass is 160 g/mol. The summed E-state index contributed by atoms with van der Waals surface area (Å²) < 4.78 is 4.88. The SMILES string of the molecule is CC(C)OC(=O)CCCCO. The zero-order valence-corrected chi connectivity index (χ0v) is 7.17. The molecule has 0 unspecified atom stereocenters. The maximum atomic E-state index is 10.8. The van der Waals surface area contributed by atoms with Crippen molar-refractivity contribution in [2.24, 2.45) is 0 Å². The molecule has 0 aromatic heterocycles. The van der Waals surface area contributed by atoms with Crippen LogP contribution in [-0.2, 0) is 9.53 Å². The molecule has 3 heteroatoms. The smallest absolute Gasteiger partial charge is 0.306 e. The van der Waals surface area contributed by atoms with Crippen LogP contribution in [0.5, 0.6) is 0 Å². The second-order valence-electron chi connectivity index (χ2n) is 2.72. The molecule has 11 heavy (non-hydrogen) atoms. The molecular weight excluding hydrogens is 144 g/mol. The van der Waals surface area contributed by atoms with Gasteiger partial charge in [0.2, 0.25) is 0 Å². The summed E-state index contributed by atoms with van der Waals surface area (Å²) in [6.45, 7) is 3.79. The fourth-order valence-electron chi connectivity index (χ4n) is 0.703. The third-order valence-electron chi connectivity index (χ3n) is 1.16. The van der Waals surface area contributed by atoms with Gasteiger partial charge in [-0.25, -0.2) is 0 Å². The Labute approximate surface area is 67.4 Å². The van der Waals surface area contributed by atoms with E-state index in [1.807, 2.05) is 13.8 Å². The van der Waals surface area contributed by atoms with E-state index in [1.54, 1.807) is 0 Å². The van der Waals surface area contributed by atoms with Crippen molar-refractivity contribution in [3.8, 4) is 0 Å².